The molecular weight excluding hydrogens is 222 g/mol. The molecule has 7 heteroatoms. The summed E-state index contributed by atoms with van der Waals surface area (Å²) in [5, 5.41) is 14.1. The summed E-state index contributed by atoms with van der Waals surface area (Å²) in [6.45, 7) is 3.40. The van der Waals surface area contributed by atoms with E-state index in [-0.39, 0.29) is 18.3 Å². The van der Waals surface area contributed by atoms with Crippen LogP contribution in [0.25, 0.3) is 0 Å². The minimum Gasteiger partial charge on any atom is -0.409 e. The standard InChI is InChI=1S/C10H15N5O2/c1-10(2,8(11)15-17)9(16)13-5-7-3-4-12-6-14-7/h3-4,6,17H,5H2,1-2H3,(H2,11,15)(H,13,16). The molecule has 17 heavy (non-hydrogen) atoms. The predicted molar refractivity (Wildman–Crippen MR) is 61.1 cm³/mol. The number of amidine groups is 1. The maximum absolute atomic E-state index is 11.8. The topological polar surface area (TPSA) is 113 Å². The molecule has 1 aromatic heterocycles. The number of nitrogens with two attached hydrogens (primary N) is 1. The van der Waals surface area contributed by atoms with E-state index in [1.54, 1.807) is 26.1 Å². The van der Waals surface area contributed by atoms with Gasteiger partial charge in [0.05, 0.1) is 12.2 Å². The van der Waals surface area contributed by atoms with Gasteiger partial charge in [0.1, 0.15) is 11.7 Å². The summed E-state index contributed by atoms with van der Waals surface area (Å²) in [6.07, 6.45) is 2.99. The molecule has 0 aliphatic rings. The molecule has 0 aromatic carbocycles. The SMILES string of the molecule is CC(C)(C(=O)NCc1ccncn1)/C(N)=N/O. The lowest BCUT2D eigenvalue weighted by molar-refractivity contribution is -0.126. The Hall–Kier alpha value is -2.18. The van der Waals surface area contributed by atoms with Gasteiger partial charge in [0.15, 0.2) is 5.84 Å². The van der Waals surface area contributed by atoms with Crippen LogP contribution in [-0.4, -0.2) is 26.9 Å². The minimum atomic E-state index is -1.07. The van der Waals surface area contributed by atoms with Crippen molar-refractivity contribution in [2.75, 3.05) is 0 Å². The maximum atomic E-state index is 11.8. The Morgan fingerprint density at radius 1 is 1.65 bits per heavy atom. The van der Waals surface area contributed by atoms with Crippen LogP contribution in [0.5, 0.6) is 0 Å². The highest BCUT2D eigenvalue weighted by Crippen LogP contribution is 2.15. The summed E-state index contributed by atoms with van der Waals surface area (Å²) in [5.74, 6) is -0.482. The molecule has 0 saturated heterocycles. The fourth-order valence-electron chi connectivity index (χ4n) is 1.06. The molecule has 0 aliphatic carbocycles. The van der Waals surface area contributed by atoms with Gasteiger partial charge in [0.2, 0.25) is 5.91 Å². The molecule has 1 heterocycles. The zero-order valence-corrected chi connectivity index (χ0v) is 9.71. The van der Waals surface area contributed by atoms with E-state index in [4.69, 9.17) is 10.9 Å². The Kier molecular flexibility index (Phi) is 3.97. The Morgan fingerprint density at radius 3 is 2.88 bits per heavy atom. The van der Waals surface area contributed by atoms with Crippen LogP contribution in [-0.2, 0) is 11.3 Å². The summed E-state index contributed by atoms with van der Waals surface area (Å²) in [6, 6.07) is 1.69. The van der Waals surface area contributed by atoms with Crippen LogP contribution in [0.15, 0.2) is 23.7 Å². The molecule has 0 fully saturated rings. The molecule has 1 aromatic rings. The number of oxime groups is 1. The zero-order chi connectivity index (χ0) is 12.9. The summed E-state index contributed by atoms with van der Waals surface area (Å²) < 4.78 is 0. The summed E-state index contributed by atoms with van der Waals surface area (Å²) in [7, 11) is 0. The molecule has 0 aliphatic heterocycles. The first-order valence-electron chi connectivity index (χ1n) is 4.99. The van der Waals surface area contributed by atoms with E-state index in [9.17, 15) is 4.79 Å². The smallest absolute Gasteiger partial charge is 0.233 e. The van der Waals surface area contributed by atoms with Crippen LogP contribution in [0.2, 0.25) is 0 Å². The molecule has 0 radical (unpaired) electrons. The van der Waals surface area contributed by atoms with Crippen LogP contribution >= 0.6 is 0 Å². The number of carbonyl (C=O) groups excluding carboxylic acids is 1. The molecule has 92 valence electrons. The highest BCUT2D eigenvalue weighted by atomic mass is 16.4. The van der Waals surface area contributed by atoms with E-state index in [1.807, 2.05) is 0 Å². The molecule has 0 unspecified atom stereocenters. The Labute approximate surface area is 98.8 Å². The first-order valence-corrected chi connectivity index (χ1v) is 4.99. The van der Waals surface area contributed by atoms with Gasteiger partial charge in [-0.3, -0.25) is 4.79 Å². The van der Waals surface area contributed by atoms with Crippen molar-refractivity contribution in [3.05, 3.63) is 24.3 Å². The van der Waals surface area contributed by atoms with Crippen molar-refractivity contribution in [1.29, 1.82) is 0 Å². The van der Waals surface area contributed by atoms with E-state index in [1.165, 1.54) is 6.33 Å². The summed E-state index contributed by atoms with van der Waals surface area (Å²) in [5.41, 5.74) is 5.05. The number of amides is 1. The van der Waals surface area contributed by atoms with Gasteiger partial charge in [0, 0.05) is 6.20 Å². The second kappa shape index (κ2) is 5.24. The summed E-state index contributed by atoms with van der Waals surface area (Å²) in [4.78, 5) is 19.5. The lowest BCUT2D eigenvalue weighted by atomic mass is 9.91. The Morgan fingerprint density at radius 2 is 2.35 bits per heavy atom. The molecule has 7 nitrogen and oxygen atoms in total. The van der Waals surface area contributed by atoms with Crippen molar-refractivity contribution in [3.63, 3.8) is 0 Å². The molecule has 0 spiro atoms. The number of rotatable bonds is 4. The number of aromatic nitrogens is 2. The van der Waals surface area contributed by atoms with Gasteiger partial charge < -0.3 is 16.3 Å². The monoisotopic (exact) mass is 237 g/mol. The minimum absolute atomic E-state index is 0.141. The van der Waals surface area contributed by atoms with Crippen molar-refractivity contribution >= 4 is 11.7 Å². The molecule has 0 saturated carbocycles. The molecule has 0 bridgehead atoms. The van der Waals surface area contributed by atoms with E-state index < -0.39 is 5.41 Å². The van der Waals surface area contributed by atoms with Crippen LogP contribution in [0.1, 0.15) is 19.5 Å². The van der Waals surface area contributed by atoms with Gasteiger partial charge in [0.25, 0.3) is 0 Å². The van der Waals surface area contributed by atoms with Gasteiger partial charge in [-0.05, 0) is 19.9 Å². The second-order valence-electron chi connectivity index (χ2n) is 3.99. The van der Waals surface area contributed by atoms with Gasteiger partial charge >= 0.3 is 0 Å². The Balaban J connectivity index is 2.62. The lowest BCUT2D eigenvalue weighted by Gasteiger charge is -2.21. The third-order valence-corrected chi connectivity index (χ3v) is 2.39. The average Bonchev–Trinajstić information content (AvgIpc) is 2.35. The predicted octanol–water partition coefficient (Wildman–Crippen LogP) is -0.135. The Bertz CT molecular complexity index is 416. The first kappa shape index (κ1) is 12.9. The molecular formula is C10H15N5O2. The average molecular weight is 237 g/mol. The normalized spacial score (nSPS) is 12.2. The van der Waals surface area contributed by atoms with Crippen molar-refractivity contribution in [2.24, 2.45) is 16.3 Å². The van der Waals surface area contributed by atoms with Gasteiger partial charge in [-0.15, -0.1) is 0 Å². The van der Waals surface area contributed by atoms with Crippen molar-refractivity contribution in [1.82, 2.24) is 15.3 Å². The number of hydrogen-bond donors (Lipinski definition) is 3. The third kappa shape index (κ3) is 3.13. The van der Waals surface area contributed by atoms with Gasteiger partial charge in [-0.2, -0.15) is 0 Å². The van der Waals surface area contributed by atoms with Crippen molar-refractivity contribution < 1.29 is 10.0 Å². The van der Waals surface area contributed by atoms with Crippen molar-refractivity contribution in [3.8, 4) is 0 Å². The molecule has 4 N–H and O–H groups in total. The van der Waals surface area contributed by atoms with Crippen LogP contribution in [0, 0.1) is 5.41 Å². The second-order valence-corrected chi connectivity index (χ2v) is 3.99. The van der Waals surface area contributed by atoms with E-state index >= 15 is 0 Å². The van der Waals surface area contributed by atoms with E-state index in [0.717, 1.165) is 0 Å². The highest BCUT2D eigenvalue weighted by molar-refractivity contribution is 6.05. The lowest BCUT2D eigenvalue weighted by Crippen LogP contribution is -2.45. The van der Waals surface area contributed by atoms with Crippen LogP contribution in [0.3, 0.4) is 0 Å². The summed E-state index contributed by atoms with van der Waals surface area (Å²) >= 11 is 0. The zero-order valence-electron chi connectivity index (χ0n) is 9.71. The largest absolute Gasteiger partial charge is 0.409 e. The van der Waals surface area contributed by atoms with Crippen LogP contribution < -0.4 is 11.1 Å². The van der Waals surface area contributed by atoms with E-state index in [2.05, 4.69) is 20.4 Å². The highest BCUT2D eigenvalue weighted by Gasteiger charge is 2.32. The fraction of sp³-hybridized carbons (Fsp3) is 0.400. The number of carbonyl (C=O) groups is 1. The molecule has 1 amide bonds. The number of nitrogens with one attached hydrogen (secondary N) is 1. The van der Waals surface area contributed by atoms with Crippen LogP contribution in [0.4, 0.5) is 0 Å². The van der Waals surface area contributed by atoms with Gasteiger partial charge in [-0.1, -0.05) is 5.16 Å². The van der Waals surface area contributed by atoms with Crippen molar-refractivity contribution in [2.45, 2.75) is 20.4 Å². The number of nitrogens with zero attached hydrogens (tertiary/aromatic N) is 3. The quantitative estimate of drug-likeness (QED) is 0.292. The van der Waals surface area contributed by atoms with E-state index in [0.29, 0.717) is 5.69 Å². The molecule has 0 atom stereocenters. The third-order valence-electron chi connectivity index (χ3n) is 2.39. The fourth-order valence-corrected chi connectivity index (χ4v) is 1.06. The number of hydrogen-bond acceptors (Lipinski definition) is 5. The first-order chi connectivity index (χ1) is 7.98. The maximum Gasteiger partial charge on any atom is 0.233 e. The molecule has 1 rings (SSSR count). The van der Waals surface area contributed by atoms with Gasteiger partial charge in [-0.25, -0.2) is 9.97 Å².